The van der Waals surface area contributed by atoms with Crippen molar-refractivity contribution in [2.75, 3.05) is 10.6 Å². The summed E-state index contributed by atoms with van der Waals surface area (Å²) in [6.45, 7) is 1.76. The minimum Gasteiger partial charge on any atom is -0.324 e. The predicted molar refractivity (Wildman–Crippen MR) is 164 cm³/mol. The van der Waals surface area contributed by atoms with Gasteiger partial charge in [-0.25, -0.2) is 4.39 Å². The van der Waals surface area contributed by atoms with Crippen molar-refractivity contribution >= 4 is 70.1 Å². The predicted octanol–water partition coefficient (Wildman–Crippen LogP) is 7.66. The van der Waals surface area contributed by atoms with Gasteiger partial charge in [-0.05, 0) is 85.3 Å². The van der Waals surface area contributed by atoms with Gasteiger partial charge in [0.05, 0.1) is 16.0 Å². The summed E-state index contributed by atoms with van der Waals surface area (Å²) in [6, 6.07) is 25.7. The normalized spacial score (nSPS) is 11.9. The van der Waals surface area contributed by atoms with Gasteiger partial charge in [-0.15, -0.1) is 11.8 Å². The lowest BCUT2D eigenvalue weighted by molar-refractivity contribution is -0.115. The molecule has 0 fully saturated rings. The molecule has 3 amide bonds. The van der Waals surface area contributed by atoms with E-state index in [9.17, 15) is 18.8 Å². The second-order valence-electron chi connectivity index (χ2n) is 8.78. The Morgan fingerprint density at radius 1 is 0.854 bits per heavy atom. The van der Waals surface area contributed by atoms with Gasteiger partial charge in [0.2, 0.25) is 5.91 Å². The molecule has 4 aromatic rings. The first-order valence-corrected chi connectivity index (χ1v) is 14.0. The maximum atomic E-state index is 13.4. The Morgan fingerprint density at radius 3 is 2.22 bits per heavy atom. The van der Waals surface area contributed by atoms with Crippen LogP contribution in [0.25, 0.3) is 6.08 Å². The number of carbonyl (C=O) groups is 3. The van der Waals surface area contributed by atoms with E-state index in [2.05, 4.69) is 16.0 Å². The molecule has 3 N–H and O–H groups in total. The molecule has 1 atom stereocenters. The van der Waals surface area contributed by atoms with Crippen molar-refractivity contribution in [3.05, 3.63) is 130 Å². The van der Waals surface area contributed by atoms with Crippen LogP contribution in [0.5, 0.6) is 0 Å². The molecule has 0 saturated heterocycles. The first kappa shape index (κ1) is 29.9. The summed E-state index contributed by atoms with van der Waals surface area (Å²) in [5, 5.41) is 8.57. The Kier molecular flexibility index (Phi) is 10.2. The van der Waals surface area contributed by atoms with Crippen LogP contribution >= 0.6 is 35.0 Å². The lowest BCUT2D eigenvalue weighted by atomic mass is 10.1. The summed E-state index contributed by atoms with van der Waals surface area (Å²) in [7, 11) is 0. The van der Waals surface area contributed by atoms with Gasteiger partial charge in [0, 0.05) is 21.2 Å². The molecule has 1 unspecified atom stereocenters. The highest BCUT2D eigenvalue weighted by Gasteiger charge is 2.18. The number of benzene rings is 4. The van der Waals surface area contributed by atoms with Gasteiger partial charge < -0.3 is 16.0 Å². The summed E-state index contributed by atoms with van der Waals surface area (Å²) < 4.78 is 13.4. The number of carbonyl (C=O) groups excluding carboxylic acids is 3. The lowest BCUT2D eigenvalue weighted by Crippen LogP contribution is -2.30. The molecule has 10 heteroatoms. The molecule has 208 valence electrons. The third kappa shape index (κ3) is 8.69. The number of anilines is 2. The molecule has 0 bridgehead atoms. The number of thioether (sulfide) groups is 1. The zero-order chi connectivity index (χ0) is 29.4. The van der Waals surface area contributed by atoms with Gasteiger partial charge in [0.1, 0.15) is 11.5 Å². The lowest BCUT2D eigenvalue weighted by Gasteiger charge is -2.14. The van der Waals surface area contributed by atoms with Crippen molar-refractivity contribution in [2.45, 2.75) is 17.1 Å². The van der Waals surface area contributed by atoms with E-state index in [1.165, 1.54) is 42.1 Å². The monoisotopic (exact) mass is 607 g/mol. The number of amides is 3. The zero-order valence-corrected chi connectivity index (χ0v) is 24.0. The molecule has 4 rings (SSSR count). The van der Waals surface area contributed by atoms with Crippen LogP contribution in [0.3, 0.4) is 0 Å². The Balaban J connectivity index is 1.43. The number of nitrogens with one attached hydrogen (secondary N) is 3. The summed E-state index contributed by atoms with van der Waals surface area (Å²) in [5.74, 6) is -1.70. The van der Waals surface area contributed by atoms with Crippen LogP contribution in [-0.4, -0.2) is 23.0 Å². The Morgan fingerprint density at radius 2 is 1.54 bits per heavy atom. The largest absolute Gasteiger partial charge is 0.324 e. The van der Waals surface area contributed by atoms with E-state index in [1.807, 2.05) is 0 Å². The zero-order valence-electron chi connectivity index (χ0n) is 21.7. The van der Waals surface area contributed by atoms with Gasteiger partial charge in [0.25, 0.3) is 11.8 Å². The standard InChI is InChI=1S/C31H24Cl2FN3O3S/c1-19(29(38)36-27-18-22(32)9-16-26(27)33)41-25-14-12-24(13-15-25)35-31(40)28(17-20-7-10-23(34)11-8-20)37-30(39)21-5-3-2-4-6-21/h2-19H,1H3,(H,35,40)(H,36,38)(H,37,39)/b28-17-. The maximum absolute atomic E-state index is 13.4. The molecule has 0 aromatic heterocycles. The smallest absolute Gasteiger partial charge is 0.272 e. The Bertz CT molecular complexity index is 1580. The van der Waals surface area contributed by atoms with E-state index in [4.69, 9.17) is 23.2 Å². The Hall–Kier alpha value is -4.11. The summed E-state index contributed by atoms with van der Waals surface area (Å²) in [4.78, 5) is 39.4. The summed E-state index contributed by atoms with van der Waals surface area (Å²) in [5.41, 5.74) is 1.79. The fourth-order valence-corrected chi connectivity index (χ4v) is 4.77. The van der Waals surface area contributed by atoms with E-state index in [1.54, 1.807) is 79.7 Å². The number of hydrogen-bond acceptors (Lipinski definition) is 4. The molecule has 0 radical (unpaired) electrons. The van der Waals surface area contributed by atoms with Crippen LogP contribution in [0.2, 0.25) is 10.0 Å². The maximum Gasteiger partial charge on any atom is 0.272 e. The topological polar surface area (TPSA) is 87.3 Å². The quantitative estimate of drug-likeness (QED) is 0.135. The van der Waals surface area contributed by atoms with Crippen molar-refractivity contribution in [3.63, 3.8) is 0 Å². The highest BCUT2D eigenvalue weighted by Crippen LogP contribution is 2.29. The van der Waals surface area contributed by atoms with Crippen LogP contribution in [0, 0.1) is 5.82 Å². The van der Waals surface area contributed by atoms with Crippen LogP contribution in [-0.2, 0) is 9.59 Å². The van der Waals surface area contributed by atoms with Gasteiger partial charge in [-0.1, -0.05) is 53.5 Å². The third-order valence-corrected chi connectivity index (χ3v) is 7.37. The second kappa shape index (κ2) is 14.0. The third-order valence-electron chi connectivity index (χ3n) is 5.69. The molecule has 0 spiro atoms. The second-order valence-corrected chi connectivity index (χ2v) is 11.0. The average Bonchev–Trinajstić information content (AvgIpc) is 2.97. The Labute approximate surface area is 250 Å². The molecular weight excluding hydrogens is 584 g/mol. The molecule has 6 nitrogen and oxygen atoms in total. The van der Waals surface area contributed by atoms with Crippen molar-refractivity contribution in [2.24, 2.45) is 0 Å². The molecule has 0 aliphatic heterocycles. The van der Waals surface area contributed by atoms with E-state index in [0.717, 1.165) is 4.90 Å². The minimum absolute atomic E-state index is 0.0196. The van der Waals surface area contributed by atoms with Crippen molar-refractivity contribution in [1.82, 2.24) is 5.32 Å². The van der Waals surface area contributed by atoms with Crippen LogP contribution in [0.15, 0.2) is 108 Å². The molecule has 4 aromatic carbocycles. The highest BCUT2D eigenvalue weighted by atomic mass is 35.5. The van der Waals surface area contributed by atoms with Crippen LogP contribution in [0.1, 0.15) is 22.8 Å². The summed E-state index contributed by atoms with van der Waals surface area (Å²) in [6.07, 6.45) is 1.46. The van der Waals surface area contributed by atoms with Crippen LogP contribution in [0.4, 0.5) is 15.8 Å². The van der Waals surface area contributed by atoms with E-state index in [-0.39, 0.29) is 11.6 Å². The molecule has 0 saturated carbocycles. The molecule has 41 heavy (non-hydrogen) atoms. The number of rotatable bonds is 9. The van der Waals surface area contributed by atoms with Gasteiger partial charge in [-0.2, -0.15) is 0 Å². The molecule has 0 aliphatic rings. The van der Waals surface area contributed by atoms with E-state index < -0.39 is 22.9 Å². The van der Waals surface area contributed by atoms with Crippen molar-refractivity contribution < 1.29 is 18.8 Å². The molecule has 0 heterocycles. The van der Waals surface area contributed by atoms with E-state index >= 15 is 0 Å². The fourth-order valence-electron chi connectivity index (χ4n) is 3.57. The van der Waals surface area contributed by atoms with Crippen LogP contribution < -0.4 is 16.0 Å². The first-order valence-electron chi connectivity index (χ1n) is 12.4. The molecule has 0 aliphatic carbocycles. The SMILES string of the molecule is CC(Sc1ccc(NC(=O)/C(=C/c2ccc(F)cc2)NC(=O)c2ccccc2)cc1)C(=O)Nc1cc(Cl)ccc1Cl. The number of halogens is 3. The fraction of sp³-hybridized carbons (Fsp3) is 0.0645. The van der Waals surface area contributed by atoms with Gasteiger partial charge >= 0.3 is 0 Å². The van der Waals surface area contributed by atoms with Crippen molar-refractivity contribution in [3.8, 4) is 0 Å². The number of hydrogen-bond donors (Lipinski definition) is 3. The van der Waals surface area contributed by atoms with Gasteiger partial charge in [0.15, 0.2) is 0 Å². The van der Waals surface area contributed by atoms with Crippen molar-refractivity contribution in [1.29, 1.82) is 0 Å². The first-order chi connectivity index (χ1) is 19.7. The van der Waals surface area contributed by atoms with E-state index in [0.29, 0.717) is 32.5 Å². The molecular formula is C31H24Cl2FN3O3S. The minimum atomic E-state index is -0.565. The average molecular weight is 609 g/mol. The van der Waals surface area contributed by atoms with Gasteiger partial charge in [-0.3, -0.25) is 14.4 Å². The summed E-state index contributed by atoms with van der Waals surface area (Å²) >= 11 is 13.5. The highest BCUT2D eigenvalue weighted by molar-refractivity contribution is 8.00.